The highest BCUT2D eigenvalue weighted by Gasteiger charge is 2.06. The standard InChI is InChI=1S/C12H12IN3O2/c1-18-9-5-3-2-4-8(9)6-14-11-10(13)12(17)16-7-15-11/h2-5,7H,6H2,1H3,(H2,14,15,16,17). The van der Waals surface area contributed by atoms with E-state index in [9.17, 15) is 4.79 Å². The van der Waals surface area contributed by atoms with Crippen LogP contribution in [0.3, 0.4) is 0 Å². The highest BCUT2D eigenvalue weighted by Crippen LogP contribution is 2.19. The molecule has 0 aliphatic rings. The van der Waals surface area contributed by atoms with Crippen molar-refractivity contribution in [2.45, 2.75) is 6.54 Å². The van der Waals surface area contributed by atoms with Crippen molar-refractivity contribution in [3.63, 3.8) is 0 Å². The Morgan fingerprint density at radius 2 is 2.22 bits per heavy atom. The van der Waals surface area contributed by atoms with E-state index in [1.54, 1.807) is 7.11 Å². The number of aromatic nitrogens is 2. The van der Waals surface area contributed by atoms with Gasteiger partial charge in [0.1, 0.15) is 15.1 Å². The van der Waals surface area contributed by atoms with Gasteiger partial charge in [-0.05, 0) is 28.7 Å². The summed E-state index contributed by atoms with van der Waals surface area (Å²) in [6, 6.07) is 7.71. The molecule has 5 nitrogen and oxygen atoms in total. The van der Waals surface area contributed by atoms with Gasteiger partial charge in [0.05, 0.1) is 13.4 Å². The first-order valence-electron chi connectivity index (χ1n) is 5.31. The van der Waals surface area contributed by atoms with Crippen molar-refractivity contribution in [2.24, 2.45) is 0 Å². The molecule has 0 bridgehead atoms. The van der Waals surface area contributed by atoms with Crippen LogP contribution in [0.15, 0.2) is 35.4 Å². The van der Waals surface area contributed by atoms with Crippen LogP contribution in [-0.4, -0.2) is 17.1 Å². The van der Waals surface area contributed by atoms with Crippen molar-refractivity contribution in [1.82, 2.24) is 9.97 Å². The van der Waals surface area contributed by atoms with Crippen molar-refractivity contribution in [3.05, 3.63) is 50.1 Å². The third-order valence-corrected chi connectivity index (χ3v) is 3.44. The van der Waals surface area contributed by atoms with Crippen molar-refractivity contribution in [2.75, 3.05) is 12.4 Å². The van der Waals surface area contributed by atoms with Gasteiger partial charge in [-0.25, -0.2) is 4.98 Å². The molecule has 1 heterocycles. The molecule has 0 amide bonds. The molecule has 2 aromatic rings. The van der Waals surface area contributed by atoms with E-state index in [-0.39, 0.29) is 5.56 Å². The van der Waals surface area contributed by atoms with Gasteiger partial charge in [0.2, 0.25) is 0 Å². The number of anilines is 1. The number of halogens is 1. The summed E-state index contributed by atoms with van der Waals surface area (Å²) in [6.45, 7) is 0.552. The monoisotopic (exact) mass is 357 g/mol. The SMILES string of the molecule is COc1ccccc1CNc1nc[nH]c(=O)c1I. The summed E-state index contributed by atoms with van der Waals surface area (Å²) in [4.78, 5) is 18.0. The first-order chi connectivity index (χ1) is 8.72. The van der Waals surface area contributed by atoms with Gasteiger partial charge in [-0.15, -0.1) is 0 Å². The Balaban J connectivity index is 2.16. The van der Waals surface area contributed by atoms with Crippen LogP contribution in [0.4, 0.5) is 5.82 Å². The van der Waals surface area contributed by atoms with E-state index in [1.165, 1.54) is 6.33 Å². The zero-order valence-electron chi connectivity index (χ0n) is 9.74. The Labute approximate surface area is 118 Å². The van der Waals surface area contributed by atoms with Crippen molar-refractivity contribution < 1.29 is 4.74 Å². The van der Waals surface area contributed by atoms with Gasteiger partial charge >= 0.3 is 0 Å². The molecule has 1 aromatic carbocycles. The molecule has 94 valence electrons. The first kappa shape index (κ1) is 12.9. The van der Waals surface area contributed by atoms with E-state index in [0.29, 0.717) is 15.9 Å². The average Bonchev–Trinajstić information content (AvgIpc) is 2.41. The normalized spacial score (nSPS) is 10.1. The predicted molar refractivity (Wildman–Crippen MR) is 77.9 cm³/mol. The number of H-pyrrole nitrogens is 1. The van der Waals surface area contributed by atoms with Crippen LogP contribution in [0.5, 0.6) is 5.75 Å². The fourth-order valence-electron chi connectivity index (χ4n) is 1.53. The highest BCUT2D eigenvalue weighted by molar-refractivity contribution is 14.1. The number of rotatable bonds is 4. The fourth-order valence-corrected chi connectivity index (χ4v) is 2.02. The van der Waals surface area contributed by atoms with Crippen LogP contribution in [0, 0.1) is 3.57 Å². The van der Waals surface area contributed by atoms with Crippen molar-refractivity contribution in [3.8, 4) is 5.75 Å². The molecule has 0 spiro atoms. The number of methoxy groups -OCH3 is 1. The van der Waals surface area contributed by atoms with Gasteiger partial charge in [0.15, 0.2) is 0 Å². The minimum atomic E-state index is -0.145. The van der Waals surface area contributed by atoms with Crippen LogP contribution in [-0.2, 0) is 6.54 Å². The maximum Gasteiger partial charge on any atom is 0.266 e. The number of aromatic amines is 1. The van der Waals surface area contributed by atoms with Crippen LogP contribution in [0.2, 0.25) is 0 Å². The highest BCUT2D eigenvalue weighted by atomic mass is 127. The summed E-state index contributed by atoms with van der Waals surface area (Å²) < 4.78 is 5.80. The molecule has 1 aromatic heterocycles. The first-order valence-corrected chi connectivity index (χ1v) is 6.39. The van der Waals surface area contributed by atoms with E-state index in [4.69, 9.17) is 4.74 Å². The Morgan fingerprint density at radius 3 is 3.00 bits per heavy atom. The second kappa shape index (κ2) is 5.85. The van der Waals surface area contributed by atoms with Gasteiger partial charge in [0.25, 0.3) is 5.56 Å². The molecule has 0 radical (unpaired) electrons. The zero-order chi connectivity index (χ0) is 13.0. The molecule has 0 unspecified atom stereocenters. The number of benzene rings is 1. The minimum Gasteiger partial charge on any atom is -0.496 e. The molecule has 0 saturated carbocycles. The van der Waals surface area contributed by atoms with Gasteiger partial charge < -0.3 is 15.0 Å². The van der Waals surface area contributed by atoms with Gasteiger partial charge in [-0.2, -0.15) is 0 Å². The number of nitrogens with zero attached hydrogens (tertiary/aromatic N) is 1. The fraction of sp³-hybridized carbons (Fsp3) is 0.167. The predicted octanol–water partition coefficient (Wildman–Crippen LogP) is 2.00. The van der Waals surface area contributed by atoms with E-state index < -0.39 is 0 Å². The number of hydrogen-bond donors (Lipinski definition) is 2. The lowest BCUT2D eigenvalue weighted by molar-refractivity contribution is 0.410. The summed E-state index contributed by atoms with van der Waals surface area (Å²) in [7, 11) is 1.63. The third-order valence-electron chi connectivity index (χ3n) is 2.44. The van der Waals surface area contributed by atoms with Crippen molar-refractivity contribution >= 4 is 28.4 Å². The molecule has 0 fully saturated rings. The molecule has 18 heavy (non-hydrogen) atoms. The Hall–Kier alpha value is -1.57. The summed E-state index contributed by atoms with van der Waals surface area (Å²) in [5.41, 5.74) is 0.867. The average molecular weight is 357 g/mol. The third kappa shape index (κ3) is 2.81. The second-order valence-electron chi connectivity index (χ2n) is 3.56. The lowest BCUT2D eigenvalue weighted by atomic mass is 10.2. The number of nitrogens with one attached hydrogen (secondary N) is 2. The second-order valence-corrected chi connectivity index (χ2v) is 4.64. The minimum absolute atomic E-state index is 0.145. The smallest absolute Gasteiger partial charge is 0.266 e. The quantitative estimate of drug-likeness (QED) is 0.822. The summed E-state index contributed by atoms with van der Waals surface area (Å²) in [6.07, 6.45) is 1.38. The zero-order valence-corrected chi connectivity index (χ0v) is 11.9. The molecule has 0 saturated heterocycles. The van der Waals surface area contributed by atoms with E-state index in [2.05, 4.69) is 15.3 Å². The maximum atomic E-state index is 11.4. The van der Waals surface area contributed by atoms with E-state index in [0.717, 1.165) is 11.3 Å². The number of para-hydroxylation sites is 1. The van der Waals surface area contributed by atoms with Crippen LogP contribution in [0.25, 0.3) is 0 Å². The van der Waals surface area contributed by atoms with Gasteiger partial charge in [-0.3, -0.25) is 4.79 Å². The van der Waals surface area contributed by atoms with Crippen LogP contribution >= 0.6 is 22.6 Å². The number of hydrogen-bond acceptors (Lipinski definition) is 4. The summed E-state index contributed by atoms with van der Waals surface area (Å²) >= 11 is 1.97. The molecule has 2 N–H and O–H groups in total. The molecule has 6 heteroatoms. The largest absolute Gasteiger partial charge is 0.496 e. The molecule has 2 rings (SSSR count). The maximum absolute atomic E-state index is 11.4. The molecule has 0 atom stereocenters. The Kier molecular flexibility index (Phi) is 4.19. The molecule has 0 aliphatic carbocycles. The van der Waals surface area contributed by atoms with Gasteiger partial charge in [-0.1, -0.05) is 18.2 Å². The summed E-state index contributed by atoms with van der Waals surface area (Å²) in [5, 5.41) is 3.13. The lowest BCUT2D eigenvalue weighted by Gasteiger charge is -2.10. The van der Waals surface area contributed by atoms with Gasteiger partial charge in [0, 0.05) is 12.1 Å². The topological polar surface area (TPSA) is 67.0 Å². The van der Waals surface area contributed by atoms with Crippen LogP contribution < -0.4 is 15.6 Å². The lowest BCUT2D eigenvalue weighted by Crippen LogP contribution is -2.14. The van der Waals surface area contributed by atoms with E-state index >= 15 is 0 Å². The van der Waals surface area contributed by atoms with Crippen molar-refractivity contribution in [1.29, 1.82) is 0 Å². The number of ether oxygens (including phenoxy) is 1. The molecular weight excluding hydrogens is 345 g/mol. The molecular formula is C12H12IN3O2. The Bertz CT molecular complexity index is 598. The molecule has 0 aliphatic heterocycles. The summed E-state index contributed by atoms with van der Waals surface area (Å²) in [5.74, 6) is 1.38. The Morgan fingerprint density at radius 1 is 1.44 bits per heavy atom. The van der Waals surface area contributed by atoms with E-state index in [1.807, 2.05) is 46.9 Å². The van der Waals surface area contributed by atoms with Crippen LogP contribution in [0.1, 0.15) is 5.56 Å².